The van der Waals surface area contributed by atoms with Crippen molar-refractivity contribution in [2.24, 2.45) is 0 Å². The lowest BCUT2D eigenvalue weighted by molar-refractivity contribution is 0.0759. The van der Waals surface area contributed by atoms with Crippen molar-refractivity contribution >= 4 is 11.6 Å². The topological polar surface area (TPSA) is 21.3 Å². The van der Waals surface area contributed by atoms with Crippen LogP contribution in [0.25, 0.3) is 0 Å². The molecule has 0 saturated carbocycles. The van der Waals surface area contributed by atoms with E-state index in [0.29, 0.717) is 12.1 Å². The summed E-state index contributed by atoms with van der Waals surface area (Å²) < 4.78 is 5.53. The van der Waals surface area contributed by atoms with Gasteiger partial charge in [0, 0.05) is 17.7 Å². The van der Waals surface area contributed by atoms with Gasteiger partial charge in [0.1, 0.15) is 0 Å². The smallest absolute Gasteiger partial charge is 0.0518 e. The molecular weight excluding hydrogens is 258 g/mol. The number of nitrogens with one attached hydrogen (secondary N) is 1. The van der Waals surface area contributed by atoms with Gasteiger partial charge in [-0.2, -0.15) is 0 Å². The Morgan fingerprint density at radius 2 is 1.84 bits per heavy atom. The first kappa shape index (κ1) is 16.5. The van der Waals surface area contributed by atoms with Crippen LogP contribution in [-0.2, 0) is 4.74 Å². The van der Waals surface area contributed by atoms with Gasteiger partial charge < -0.3 is 10.1 Å². The summed E-state index contributed by atoms with van der Waals surface area (Å²) in [5.74, 6) is 0. The van der Waals surface area contributed by atoms with Crippen molar-refractivity contribution in [1.82, 2.24) is 5.32 Å². The molecule has 0 amide bonds. The number of ether oxygens (including phenoxy) is 1. The standard InChI is InChI=1S/C16H26ClNO/c1-4-16(14-7-9-15(17)10-8-14)18-11-5-6-12-19-13(2)3/h7-10,13,16,18H,4-6,11-12H2,1-3H3. The van der Waals surface area contributed by atoms with Crippen LogP contribution in [0.1, 0.15) is 51.6 Å². The molecule has 3 heteroatoms. The maximum absolute atomic E-state index is 5.91. The first-order chi connectivity index (χ1) is 9.13. The average molecular weight is 284 g/mol. The van der Waals surface area contributed by atoms with Crippen LogP contribution in [0.4, 0.5) is 0 Å². The summed E-state index contributed by atoms with van der Waals surface area (Å²) in [6.45, 7) is 8.24. The number of hydrogen-bond donors (Lipinski definition) is 1. The van der Waals surface area contributed by atoms with E-state index < -0.39 is 0 Å². The zero-order valence-corrected chi connectivity index (χ0v) is 13.0. The monoisotopic (exact) mass is 283 g/mol. The molecule has 1 aromatic carbocycles. The van der Waals surface area contributed by atoms with Crippen molar-refractivity contribution in [3.63, 3.8) is 0 Å². The lowest BCUT2D eigenvalue weighted by Crippen LogP contribution is -2.22. The second-order valence-corrected chi connectivity index (χ2v) is 5.53. The quantitative estimate of drug-likeness (QED) is 0.670. The third kappa shape index (κ3) is 6.95. The number of benzene rings is 1. The largest absolute Gasteiger partial charge is 0.379 e. The second kappa shape index (κ2) is 9.35. The molecule has 1 atom stereocenters. The third-order valence-electron chi connectivity index (χ3n) is 3.09. The van der Waals surface area contributed by atoms with Crippen molar-refractivity contribution in [2.75, 3.05) is 13.2 Å². The Kier molecular flexibility index (Phi) is 8.11. The Bertz CT molecular complexity index is 337. The van der Waals surface area contributed by atoms with E-state index in [-0.39, 0.29) is 0 Å². The second-order valence-electron chi connectivity index (χ2n) is 5.09. The maximum Gasteiger partial charge on any atom is 0.0518 e. The molecule has 0 saturated heterocycles. The predicted octanol–water partition coefficient (Wildman–Crippen LogP) is 4.59. The molecule has 0 aliphatic heterocycles. The lowest BCUT2D eigenvalue weighted by Gasteiger charge is -2.17. The van der Waals surface area contributed by atoms with Crippen molar-refractivity contribution < 1.29 is 4.74 Å². The number of unbranched alkanes of at least 4 members (excludes halogenated alkanes) is 1. The summed E-state index contributed by atoms with van der Waals surface area (Å²) in [7, 11) is 0. The van der Waals surface area contributed by atoms with Crippen LogP contribution in [0.15, 0.2) is 24.3 Å². The highest BCUT2D eigenvalue weighted by Crippen LogP contribution is 2.19. The van der Waals surface area contributed by atoms with E-state index in [1.165, 1.54) is 5.56 Å². The van der Waals surface area contributed by atoms with Crippen molar-refractivity contribution in [1.29, 1.82) is 0 Å². The highest BCUT2D eigenvalue weighted by molar-refractivity contribution is 6.30. The van der Waals surface area contributed by atoms with E-state index in [4.69, 9.17) is 16.3 Å². The summed E-state index contributed by atoms with van der Waals surface area (Å²) in [6.07, 6.45) is 3.69. The number of hydrogen-bond acceptors (Lipinski definition) is 2. The highest BCUT2D eigenvalue weighted by Gasteiger charge is 2.07. The van der Waals surface area contributed by atoms with Crippen LogP contribution < -0.4 is 5.32 Å². The van der Waals surface area contributed by atoms with E-state index >= 15 is 0 Å². The summed E-state index contributed by atoms with van der Waals surface area (Å²) in [6, 6.07) is 8.54. The van der Waals surface area contributed by atoms with Crippen molar-refractivity contribution in [2.45, 2.75) is 52.2 Å². The third-order valence-corrected chi connectivity index (χ3v) is 3.35. The Labute approximate surface area is 122 Å². The van der Waals surface area contributed by atoms with Crippen molar-refractivity contribution in [3.05, 3.63) is 34.9 Å². The zero-order chi connectivity index (χ0) is 14.1. The van der Waals surface area contributed by atoms with Gasteiger partial charge in [0.25, 0.3) is 0 Å². The predicted molar refractivity (Wildman–Crippen MR) is 82.8 cm³/mol. The highest BCUT2D eigenvalue weighted by atomic mass is 35.5. The summed E-state index contributed by atoms with van der Waals surface area (Å²) >= 11 is 5.91. The Morgan fingerprint density at radius 3 is 2.42 bits per heavy atom. The first-order valence-electron chi connectivity index (χ1n) is 7.24. The summed E-state index contributed by atoms with van der Waals surface area (Å²) in [5, 5.41) is 4.39. The first-order valence-corrected chi connectivity index (χ1v) is 7.61. The molecule has 19 heavy (non-hydrogen) atoms. The van der Waals surface area contributed by atoms with Crippen molar-refractivity contribution in [3.8, 4) is 0 Å². The summed E-state index contributed by atoms with van der Waals surface area (Å²) in [4.78, 5) is 0. The van der Waals surface area contributed by atoms with Gasteiger partial charge in [-0.05, 0) is 57.4 Å². The van der Waals surface area contributed by atoms with Gasteiger partial charge in [0.15, 0.2) is 0 Å². The van der Waals surface area contributed by atoms with E-state index in [1.54, 1.807) is 0 Å². The Hall–Kier alpha value is -0.570. The van der Waals surface area contributed by atoms with Crippen LogP contribution >= 0.6 is 11.6 Å². The minimum absolute atomic E-state index is 0.338. The fourth-order valence-electron chi connectivity index (χ4n) is 2.02. The van der Waals surface area contributed by atoms with Crippen LogP contribution in [0, 0.1) is 0 Å². The molecule has 2 nitrogen and oxygen atoms in total. The maximum atomic E-state index is 5.91. The Balaban J connectivity index is 2.24. The van der Waals surface area contributed by atoms with Crippen LogP contribution in [0.5, 0.6) is 0 Å². The molecule has 0 aromatic heterocycles. The van der Waals surface area contributed by atoms with E-state index in [9.17, 15) is 0 Å². The Morgan fingerprint density at radius 1 is 1.16 bits per heavy atom. The molecule has 1 aromatic rings. The van der Waals surface area contributed by atoms with Gasteiger partial charge in [0.2, 0.25) is 0 Å². The molecule has 0 aliphatic rings. The molecular formula is C16H26ClNO. The molecule has 0 aliphatic carbocycles. The molecule has 0 spiro atoms. The number of rotatable bonds is 9. The molecule has 0 radical (unpaired) electrons. The average Bonchev–Trinajstić information content (AvgIpc) is 2.39. The fraction of sp³-hybridized carbons (Fsp3) is 0.625. The summed E-state index contributed by atoms with van der Waals surface area (Å²) in [5.41, 5.74) is 1.31. The molecule has 1 N–H and O–H groups in total. The molecule has 0 bridgehead atoms. The zero-order valence-electron chi connectivity index (χ0n) is 12.3. The van der Waals surface area contributed by atoms with E-state index in [1.807, 2.05) is 12.1 Å². The molecule has 0 fully saturated rings. The molecule has 0 heterocycles. The van der Waals surface area contributed by atoms with Gasteiger partial charge in [0.05, 0.1) is 6.10 Å². The normalized spacial score (nSPS) is 12.9. The van der Waals surface area contributed by atoms with Crippen LogP contribution in [0.3, 0.4) is 0 Å². The van der Waals surface area contributed by atoms with E-state index in [0.717, 1.165) is 37.4 Å². The molecule has 1 unspecified atom stereocenters. The van der Waals surface area contributed by atoms with Gasteiger partial charge in [-0.15, -0.1) is 0 Å². The molecule has 1 rings (SSSR count). The molecule has 108 valence electrons. The minimum atomic E-state index is 0.338. The van der Waals surface area contributed by atoms with E-state index in [2.05, 4.69) is 38.2 Å². The van der Waals surface area contributed by atoms with Gasteiger partial charge in [-0.1, -0.05) is 30.7 Å². The lowest BCUT2D eigenvalue weighted by atomic mass is 10.0. The van der Waals surface area contributed by atoms with Gasteiger partial charge in [-0.25, -0.2) is 0 Å². The fourth-order valence-corrected chi connectivity index (χ4v) is 2.14. The minimum Gasteiger partial charge on any atom is -0.379 e. The number of halogens is 1. The SMILES string of the molecule is CCC(NCCCCOC(C)C)c1ccc(Cl)cc1. The van der Waals surface area contributed by atoms with Crippen LogP contribution in [-0.4, -0.2) is 19.3 Å². The van der Waals surface area contributed by atoms with Gasteiger partial charge in [-0.3, -0.25) is 0 Å². The van der Waals surface area contributed by atoms with Gasteiger partial charge >= 0.3 is 0 Å². The van der Waals surface area contributed by atoms with Crippen LogP contribution in [0.2, 0.25) is 5.02 Å².